The molecule has 0 aliphatic rings. The fourth-order valence-corrected chi connectivity index (χ4v) is 1.09. The Morgan fingerprint density at radius 2 is 2.23 bits per heavy atom. The number of aliphatic hydroxyl groups excluding tert-OH is 1. The number of nitrogens with one attached hydrogen (secondary N) is 1. The van der Waals surface area contributed by atoms with E-state index in [-0.39, 0.29) is 5.56 Å². The van der Waals surface area contributed by atoms with Gasteiger partial charge in [-0.15, -0.1) is 0 Å². The highest BCUT2D eigenvalue weighted by molar-refractivity contribution is 5.20. The quantitative estimate of drug-likeness (QED) is 0.605. The van der Waals surface area contributed by atoms with E-state index in [0.717, 1.165) is 5.56 Å². The molecule has 2 atom stereocenters. The predicted octanol–water partition coefficient (Wildman–Crippen LogP) is 0.0639. The average molecular weight is 182 g/mol. The van der Waals surface area contributed by atoms with Crippen molar-refractivity contribution in [2.75, 3.05) is 0 Å². The molecule has 0 saturated carbocycles. The molecule has 4 N–H and O–H groups in total. The van der Waals surface area contributed by atoms with Crippen molar-refractivity contribution in [3.05, 3.63) is 33.7 Å². The summed E-state index contributed by atoms with van der Waals surface area (Å²) in [5.74, 6) is 0. The first kappa shape index (κ1) is 9.95. The molecule has 4 heteroatoms. The monoisotopic (exact) mass is 182 g/mol. The van der Waals surface area contributed by atoms with Crippen LogP contribution in [-0.2, 0) is 0 Å². The lowest BCUT2D eigenvalue weighted by Gasteiger charge is -2.14. The zero-order chi connectivity index (χ0) is 10.0. The molecule has 0 spiro atoms. The molecule has 1 rings (SSSR count). The summed E-state index contributed by atoms with van der Waals surface area (Å²) in [6.45, 7) is 3.32. The minimum absolute atomic E-state index is 0.124. The van der Waals surface area contributed by atoms with Crippen LogP contribution < -0.4 is 11.3 Å². The average Bonchev–Trinajstić information content (AvgIpc) is 2.08. The molecule has 0 aliphatic heterocycles. The van der Waals surface area contributed by atoms with Gasteiger partial charge in [-0.1, -0.05) is 0 Å². The van der Waals surface area contributed by atoms with E-state index in [2.05, 4.69) is 4.98 Å². The van der Waals surface area contributed by atoms with E-state index >= 15 is 0 Å². The topological polar surface area (TPSA) is 79.1 Å². The third-order valence-corrected chi connectivity index (χ3v) is 2.02. The van der Waals surface area contributed by atoms with Gasteiger partial charge >= 0.3 is 0 Å². The van der Waals surface area contributed by atoms with Crippen molar-refractivity contribution in [1.82, 2.24) is 4.98 Å². The molecule has 4 nitrogen and oxygen atoms in total. The molecule has 72 valence electrons. The van der Waals surface area contributed by atoms with Gasteiger partial charge in [0.25, 0.3) is 5.56 Å². The molecular weight excluding hydrogens is 168 g/mol. The second-order valence-corrected chi connectivity index (χ2v) is 3.21. The Morgan fingerprint density at radius 3 is 2.69 bits per heavy atom. The van der Waals surface area contributed by atoms with Crippen LogP contribution in [0.4, 0.5) is 0 Å². The van der Waals surface area contributed by atoms with Crippen LogP contribution in [0.15, 0.2) is 17.1 Å². The van der Waals surface area contributed by atoms with Crippen LogP contribution >= 0.6 is 0 Å². The number of hydrogen-bond donors (Lipinski definition) is 3. The molecule has 0 aliphatic carbocycles. The largest absolute Gasteiger partial charge is 0.391 e. The van der Waals surface area contributed by atoms with Crippen molar-refractivity contribution in [3.8, 4) is 0 Å². The Labute approximate surface area is 76.4 Å². The van der Waals surface area contributed by atoms with Crippen molar-refractivity contribution in [1.29, 1.82) is 0 Å². The van der Waals surface area contributed by atoms with E-state index in [9.17, 15) is 9.90 Å². The first-order valence-electron chi connectivity index (χ1n) is 4.15. The number of hydrogen-bond acceptors (Lipinski definition) is 3. The Kier molecular flexibility index (Phi) is 2.85. The van der Waals surface area contributed by atoms with Crippen molar-refractivity contribution >= 4 is 0 Å². The normalized spacial score (nSPS) is 15.4. The minimum Gasteiger partial charge on any atom is -0.391 e. The minimum atomic E-state index is -0.620. The lowest BCUT2D eigenvalue weighted by Crippen LogP contribution is -2.24. The summed E-state index contributed by atoms with van der Waals surface area (Å²) in [5, 5.41) is 9.22. The van der Waals surface area contributed by atoms with E-state index in [1.807, 2.05) is 0 Å². The number of aliphatic hydroxyl groups is 1. The van der Waals surface area contributed by atoms with Gasteiger partial charge in [0.2, 0.25) is 0 Å². The molecule has 2 unspecified atom stereocenters. The first-order valence-corrected chi connectivity index (χ1v) is 4.15. The van der Waals surface area contributed by atoms with Crippen LogP contribution in [-0.4, -0.2) is 16.2 Å². The highest BCUT2D eigenvalue weighted by Crippen LogP contribution is 2.12. The molecule has 0 aromatic carbocycles. The number of aromatic amines is 1. The van der Waals surface area contributed by atoms with Crippen molar-refractivity contribution in [2.45, 2.75) is 26.0 Å². The van der Waals surface area contributed by atoms with Gasteiger partial charge in [-0.05, 0) is 25.5 Å². The fourth-order valence-electron chi connectivity index (χ4n) is 1.09. The summed E-state index contributed by atoms with van der Waals surface area (Å²) >= 11 is 0. The highest BCUT2D eigenvalue weighted by atomic mass is 16.3. The van der Waals surface area contributed by atoms with Crippen LogP contribution in [0.3, 0.4) is 0 Å². The Bertz CT molecular complexity index is 344. The van der Waals surface area contributed by atoms with Gasteiger partial charge in [0.15, 0.2) is 0 Å². The number of aryl methyl sites for hydroxylation is 1. The molecule has 13 heavy (non-hydrogen) atoms. The van der Waals surface area contributed by atoms with Gasteiger partial charge in [-0.2, -0.15) is 0 Å². The van der Waals surface area contributed by atoms with E-state index in [4.69, 9.17) is 5.73 Å². The zero-order valence-electron chi connectivity index (χ0n) is 7.74. The third-order valence-electron chi connectivity index (χ3n) is 2.02. The van der Waals surface area contributed by atoms with E-state index < -0.39 is 12.1 Å². The Balaban J connectivity index is 3.04. The number of nitrogens with two attached hydrogens (primary N) is 1. The number of pyridine rings is 1. The maximum atomic E-state index is 11.0. The van der Waals surface area contributed by atoms with Gasteiger partial charge < -0.3 is 15.8 Å². The first-order chi connectivity index (χ1) is 6.02. The summed E-state index contributed by atoms with van der Waals surface area (Å²) in [5.41, 5.74) is 6.91. The molecule has 0 bridgehead atoms. The Morgan fingerprint density at radius 1 is 1.62 bits per heavy atom. The molecule has 1 aromatic rings. The lowest BCUT2D eigenvalue weighted by atomic mass is 10.0. The summed E-state index contributed by atoms with van der Waals surface area (Å²) < 4.78 is 0. The van der Waals surface area contributed by atoms with Gasteiger partial charge in [-0.3, -0.25) is 4.79 Å². The van der Waals surface area contributed by atoms with Gasteiger partial charge in [0, 0.05) is 11.8 Å². The van der Waals surface area contributed by atoms with Crippen LogP contribution in [0.25, 0.3) is 0 Å². The van der Waals surface area contributed by atoms with Crippen molar-refractivity contribution in [2.24, 2.45) is 5.73 Å². The predicted molar refractivity (Wildman–Crippen MR) is 50.4 cm³/mol. The molecule has 0 radical (unpaired) electrons. The number of H-pyrrole nitrogens is 1. The Hall–Kier alpha value is -1.13. The number of rotatable bonds is 2. The van der Waals surface area contributed by atoms with E-state index in [0.29, 0.717) is 5.56 Å². The van der Waals surface area contributed by atoms with Crippen LogP contribution in [0.2, 0.25) is 0 Å². The maximum absolute atomic E-state index is 11.0. The highest BCUT2D eigenvalue weighted by Gasteiger charge is 2.12. The number of aromatic nitrogens is 1. The zero-order valence-corrected chi connectivity index (χ0v) is 7.74. The standard InChI is InChI=1S/C9H14N2O2/c1-5-3-7(4-11-9(5)13)8(10)6(2)12/h3-4,6,8,12H,10H2,1-2H3,(H,11,13). The summed E-state index contributed by atoms with van der Waals surface area (Å²) in [6, 6.07) is 1.24. The third kappa shape index (κ3) is 2.17. The van der Waals surface area contributed by atoms with E-state index in [1.165, 1.54) is 6.20 Å². The molecule has 0 saturated heterocycles. The van der Waals surface area contributed by atoms with Gasteiger partial charge in [-0.25, -0.2) is 0 Å². The van der Waals surface area contributed by atoms with Gasteiger partial charge in [0.05, 0.1) is 12.1 Å². The fraction of sp³-hybridized carbons (Fsp3) is 0.444. The molecule has 0 fully saturated rings. The molecule has 0 amide bonds. The second-order valence-electron chi connectivity index (χ2n) is 3.21. The maximum Gasteiger partial charge on any atom is 0.250 e. The molecule has 1 heterocycles. The van der Waals surface area contributed by atoms with Crippen molar-refractivity contribution < 1.29 is 5.11 Å². The summed E-state index contributed by atoms with van der Waals surface area (Å²) in [4.78, 5) is 13.6. The summed E-state index contributed by atoms with van der Waals surface area (Å²) in [6.07, 6.45) is 0.914. The smallest absolute Gasteiger partial charge is 0.250 e. The summed E-state index contributed by atoms with van der Waals surface area (Å²) in [7, 11) is 0. The molecular formula is C9H14N2O2. The van der Waals surface area contributed by atoms with Gasteiger partial charge in [0.1, 0.15) is 0 Å². The van der Waals surface area contributed by atoms with Crippen LogP contribution in [0.5, 0.6) is 0 Å². The van der Waals surface area contributed by atoms with E-state index in [1.54, 1.807) is 19.9 Å². The molecule has 1 aromatic heterocycles. The van der Waals surface area contributed by atoms with Crippen molar-refractivity contribution in [3.63, 3.8) is 0 Å². The lowest BCUT2D eigenvalue weighted by molar-refractivity contribution is 0.164. The SMILES string of the molecule is Cc1cc(C(N)C(C)O)c[nH]c1=O. The van der Waals surface area contributed by atoms with Crippen LogP contribution in [0.1, 0.15) is 24.1 Å². The van der Waals surface area contributed by atoms with Crippen LogP contribution in [0, 0.1) is 6.92 Å². The second kappa shape index (κ2) is 3.72.